The first-order valence-electron chi connectivity index (χ1n) is 7.34. The molecule has 1 aromatic rings. The molecule has 25 heavy (non-hydrogen) atoms. The molecule has 7 heteroatoms. The van der Waals surface area contributed by atoms with Gasteiger partial charge in [0.2, 0.25) is 6.29 Å². The number of carbonyl (C=O) groups is 3. The van der Waals surface area contributed by atoms with E-state index in [-0.39, 0.29) is 12.0 Å². The molecule has 0 spiro atoms. The van der Waals surface area contributed by atoms with Crippen LogP contribution >= 0.6 is 0 Å². The molecule has 0 saturated carbocycles. The molecule has 0 fully saturated rings. The van der Waals surface area contributed by atoms with Gasteiger partial charge in [-0.3, -0.25) is 4.79 Å². The Kier molecular flexibility index (Phi) is 7.92. The van der Waals surface area contributed by atoms with Crippen LogP contribution in [0.15, 0.2) is 42.5 Å². The fraction of sp³-hybridized carbons (Fsp3) is 0.278. The number of hydrogen-bond acceptors (Lipinski definition) is 7. The van der Waals surface area contributed by atoms with E-state index >= 15 is 0 Å². The fourth-order valence-electron chi connectivity index (χ4n) is 1.66. The van der Waals surface area contributed by atoms with Crippen LogP contribution in [0.4, 0.5) is 0 Å². The van der Waals surface area contributed by atoms with Gasteiger partial charge in [0.05, 0.1) is 20.6 Å². The number of ether oxygens (including phenoxy) is 4. The molecule has 134 valence electrons. The highest BCUT2D eigenvalue weighted by atomic mass is 16.7. The van der Waals surface area contributed by atoms with Crippen LogP contribution in [0.25, 0.3) is 6.08 Å². The summed E-state index contributed by atoms with van der Waals surface area (Å²) in [5.41, 5.74) is 0.678. The summed E-state index contributed by atoms with van der Waals surface area (Å²) in [6, 6.07) is 7.04. The molecule has 0 saturated heterocycles. The highest BCUT2D eigenvalue weighted by Crippen LogP contribution is 2.12. The average Bonchev–Trinajstić information content (AvgIpc) is 2.59. The zero-order valence-electron chi connectivity index (χ0n) is 14.3. The summed E-state index contributed by atoms with van der Waals surface area (Å²) in [6.45, 7) is 4.80. The van der Waals surface area contributed by atoms with E-state index in [2.05, 4.69) is 11.3 Å². The SMILES string of the molecule is C=C(CC(=O)OC)C(=O)OC(C)OC(=O)/C=C/c1ccc(OC)cc1. The molecule has 0 amide bonds. The van der Waals surface area contributed by atoms with Crippen LogP contribution in [-0.4, -0.2) is 38.4 Å². The van der Waals surface area contributed by atoms with Gasteiger partial charge in [0.25, 0.3) is 0 Å². The van der Waals surface area contributed by atoms with Crippen molar-refractivity contribution in [2.75, 3.05) is 14.2 Å². The van der Waals surface area contributed by atoms with E-state index in [0.29, 0.717) is 5.75 Å². The van der Waals surface area contributed by atoms with Crippen LogP contribution in [0.1, 0.15) is 18.9 Å². The highest BCUT2D eigenvalue weighted by molar-refractivity contribution is 5.93. The molecule has 0 aliphatic rings. The van der Waals surface area contributed by atoms with Gasteiger partial charge in [-0.15, -0.1) is 0 Å². The first-order valence-corrected chi connectivity index (χ1v) is 7.34. The van der Waals surface area contributed by atoms with Crippen molar-refractivity contribution in [1.29, 1.82) is 0 Å². The van der Waals surface area contributed by atoms with Gasteiger partial charge in [-0.2, -0.15) is 0 Å². The van der Waals surface area contributed by atoms with E-state index in [1.807, 2.05) is 0 Å². The van der Waals surface area contributed by atoms with E-state index < -0.39 is 24.2 Å². The van der Waals surface area contributed by atoms with Crippen molar-refractivity contribution in [3.8, 4) is 5.75 Å². The van der Waals surface area contributed by atoms with Crippen molar-refractivity contribution in [3.05, 3.63) is 48.1 Å². The zero-order chi connectivity index (χ0) is 18.8. The molecule has 1 aromatic carbocycles. The molecule has 7 nitrogen and oxygen atoms in total. The van der Waals surface area contributed by atoms with Crippen LogP contribution in [0.5, 0.6) is 5.75 Å². The monoisotopic (exact) mass is 348 g/mol. The summed E-state index contributed by atoms with van der Waals surface area (Å²) in [4.78, 5) is 34.4. The second-order valence-electron chi connectivity index (χ2n) is 4.87. The highest BCUT2D eigenvalue weighted by Gasteiger charge is 2.18. The molecule has 1 unspecified atom stereocenters. The molecule has 0 bridgehead atoms. The maximum Gasteiger partial charge on any atom is 0.337 e. The lowest BCUT2D eigenvalue weighted by Gasteiger charge is -2.13. The van der Waals surface area contributed by atoms with Crippen molar-refractivity contribution in [2.45, 2.75) is 19.6 Å². The third kappa shape index (κ3) is 7.34. The fourth-order valence-corrected chi connectivity index (χ4v) is 1.66. The largest absolute Gasteiger partial charge is 0.497 e. The number of hydrogen-bond donors (Lipinski definition) is 0. The minimum absolute atomic E-state index is 0.0940. The predicted molar refractivity (Wildman–Crippen MR) is 89.4 cm³/mol. The van der Waals surface area contributed by atoms with Gasteiger partial charge in [0.15, 0.2) is 0 Å². The number of methoxy groups -OCH3 is 2. The average molecular weight is 348 g/mol. The van der Waals surface area contributed by atoms with Crippen LogP contribution in [0, 0.1) is 0 Å². The topological polar surface area (TPSA) is 88.1 Å². The summed E-state index contributed by atoms with van der Waals surface area (Å²) >= 11 is 0. The Labute approximate surface area is 145 Å². The van der Waals surface area contributed by atoms with Gasteiger partial charge in [0.1, 0.15) is 5.75 Å². The Morgan fingerprint density at radius 2 is 1.76 bits per heavy atom. The molecule has 1 atom stereocenters. The lowest BCUT2D eigenvalue weighted by molar-refractivity contribution is -0.178. The van der Waals surface area contributed by atoms with Crippen molar-refractivity contribution >= 4 is 24.0 Å². The quantitative estimate of drug-likeness (QED) is 0.404. The van der Waals surface area contributed by atoms with Gasteiger partial charge in [0, 0.05) is 18.6 Å². The van der Waals surface area contributed by atoms with Gasteiger partial charge >= 0.3 is 17.9 Å². The molecule has 0 radical (unpaired) electrons. The lowest BCUT2D eigenvalue weighted by Crippen LogP contribution is -2.22. The predicted octanol–water partition coefficient (Wildman–Crippen LogP) is 2.26. The van der Waals surface area contributed by atoms with E-state index in [9.17, 15) is 14.4 Å². The molecule has 1 rings (SSSR count). The van der Waals surface area contributed by atoms with E-state index in [4.69, 9.17) is 14.2 Å². The molecule has 0 aromatic heterocycles. The van der Waals surface area contributed by atoms with Gasteiger partial charge in [-0.1, -0.05) is 18.7 Å². The van der Waals surface area contributed by atoms with Crippen molar-refractivity contribution in [1.82, 2.24) is 0 Å². The maximum atomic E-state index is 11.7. The lowest BCUT2D eigenvalue weighted by atomic mass is 10.2. The minimum atomic E-state index is -1.13. The minimum Gasteiger partial charge on any atom is -0.497 e. The number of esters is 3. The van der Waals surface area contributed by atoms with E-state index in [0.717, 1.165) is 5.56 Å². The Morgan fingerprint density at radius 3 is 2.32 bits per heavy atom. The molecule has 0 N–H and O–H groups in total. The molecule has 0 aliphatic heterocycles. The van der Waals surface area contributed by atoms with Crippen LogP contribution < -0.4 is 4.74 Å². The first kappa shape index (κ1) is 20.0. The third-order valence-corrected chi connectivity index (χ3v) is 2.96. The zero-order valence-corrected chi connectivity index (χ0v) is 14.3. The van der Waals surface area contributed by atoms with Crippen molar-refractivity contribution in [3.63, 3.8) is 0 Å². The summed E-state index contributed by atoms with van der Waals surface area (Å²) < 4.78 is 19.2. The smallest absolute Gasteiger partial charge is 0.337 e. The van der Waals surface area contributed by atoms with Crippen molar-refractivity contribution in [2.24, 2.45) is 0 Å². The second-order valence-corrected chi connectivity index (χ2v) is 4.87. The van der Waals surface area contributed by atoms with Gasteiger partial charge < -0.3 is 18.9 Å². The van der Waals surface area contributed by atoms with Crippen molar-refractivity contribution < 1.29 is 33.3 Å². The van der Waals surface area contributed by atoms with Gasteiger partial charge in [-0.25, -0.2) is 9.59 Å². The Bertz CT molecular complexity index is 659. The second kappa shape index (κ2) is 9.92. The standard InChI is InChI=1S/C18H20O7/c1-12(11-17(20)23-4)18(21)25-13(2)24-16(19)10-7-14-5-8-15(22-3)9-6-14/h5-10,13H,1,11H2,2-4H3/b10-7+. The molecule has 0 heterocycles. The summed E-state index contributed by atoms with van der Waals surface area (Å²) in [7, 11) is 2.76. The number of carbonyl (C=O) groups excluding carboxylic acids is 3. The number of benzene rings is 1. The van der Waals surface area contributed by atoms with E-state index in [1.54, 1.807) is 37.5 Å². The van der Waals surface area contributed by atoms with E-state index in [1.165, 1.54) is 20.1 Å². The maximum absolute atomic E-state index is 11.7. The molecular weight excluding hydrogens is 328 g/mol. The van der Waals surface area contributed by atoms with Gasteiger partial charge in [-0.05, 0) is 23.8 Å². The summed E-state index contributed by atoms with van der Waals surface area (Å²) in [5, 5.41) is 0. The summed E-state index contributed by atoms with van der Waals surface area (Å²) in [6.07, 6.45) is 1.32. The van der Waals surface area contributed by atoms with Crippen LogP contribution in [0.3, 0.4) is 0 Å². The number of rotatable bonds is 8. The Balaban J connectivity index is 2.47. The third-order valence-electron chi connectivity index (χ3n) is 2.96. The Morgan fingerprint density at radius 1 is 1.12 bits per heavy atom. The first-order chi connectivity index (χ1) is 11.8. The molecule has 0 aliphatic carbocycles. The summed E-state index contributed by atoms with van der Waals surface area (Å²) in [5.74, 6) is -1.44. The van der Waals surface area contributed by atoms with Crippen LogP contribution in [-0.2, 0) is 28.6 Å². The Hall–Kier alpha value is -3.09. The molecular formula is C18H20O7. The normalized spacial score (nSPS) is 11.5. The van der Waals surface area contributed by atoms with Crippen LogP contribution in [0.2, 0.25) is 0 Å².